The van der Waals surface area contributed by atoms with Crippen LogP contribution < -0.4 is 4.90 Å². The van der Waals surface area contributed by atoms with Crippen LogP contribution in [-0.4, -0.2) is 60.0 Å². The minimum atomic E-state index is -3.20. The summed E-state index contributed by atoms with van der Waals surface area (Å²) in [7, 11) is -3.20. The van der Waals surface area contributed by atoms with Crippen molar-refractivity contribution in [2.45, 2.75) is 6.92 Å². The molecule has 10 heteroatoms. The summed E-state index contributed by atoms with van der Waals surface area (Å²) in [5, 5.41) is 14.7. The molecule has 1 aromatic heterocycles. The van der Waals surface area contributed by atoms with Crippen LogP contribution in [0, 0.1) is 18.6 Å². The molecule has 2 aromatic carbocycles. The van der Waals surface area contributed by atoms with Crippen molar-refractivity contribution in [3.8, 4) is 11.4 Å². The van der Waals surface area contributed by atoms with E-state index >= 15 is 0 Å². The number of aromatic hydroxyl groups is 1. The van der Waals surface area contributed by atoms with Gasteiger partial charge in [0.1, 0.15) is 0 Å². The van der Waals surface area contributed by atoms with Crippen molar-refractivity contribution in [3.05, 3.63) is 47.7 Å². The number of aryl methyl sites for hydroxylation is 1. The van der Waals surface area contributed by atoms with Gasteiger partial charge in [0.15, 0.2) is 17.4 Å². The van der Waals surface area contributed by atoms with Crippen molar-refractivity contribution in [2.24, 2.45) is 0 Å². The molecule has 4 rings (SSSR count). The molecule has 1 aliphatic heterocycles. The van der Waals surface area contributed by atoms with Gasteiger partial charge >= 0.3 is 0 Å². The van der Waals surface area contributed by atoms with Gasteiger partial charge in [-0.1, -0.05) is 0 Å². The zero-order valence-corrected chi connectivity index (χ0v) is 16.7. The van der Waals surface area contributed by atoms with Gasteiger partial charge in [0, 0.05) is 49.4 Å². The molecule has 29 heavy (non-hydrogen) atoms. The molecule has 0 aliphatic carbocycles. The molecule has 0 spiro atoms. The third-order valence-electron chi connectivity index (χ3n) is 5.15. The van der Waals surface area contributed by atoms with Crippen molar-refractivity contribution in [1.82, 2.24) is 14.1 Å². The van der Waals surface area contributed by atoms with E-state index in [-0.39, 0.29) is 5.69 Å². The van der Waals surface area contributed by atoms with E-state index in [0.717, 1.165) is 28.8 Å². The fourth-order valence-corrected chi connectivity index (χ4v) is 4.52. The number of halogens is 2. The molecule has 0 saturated carbocycles. The fraction of sp³-hybridized carbons (Fsp3) is 0.316. The van der Waals surface area contributed by atoms with Gasteiger partial charge in [-0.05, 0) is 24.6 Å². The van der Waals surface area contributed by atoms with Crippen molar-refractivity contribution in [1.29, 1.82) is 0 Å². The van der Waals surface area contributed by atoms with Gasteiger partial charge in [-0.2, -0.15) is 13.8 Å². The molecule has 1 N–H and O–H groups in total. The maximum absolute atomic E-state index is 13.7. The summed E-state index contributed by atoms with van der Waals surface area (Å²) >= 11 is 0. The average Bonchev–Trinajstić information content (AvgIpc) is 3.10. The second-order valence-electron chi connectivity index (χ2n) is 7.17. The van der Waals surface area contributed by atoms with Gasteiger partial charge in [-0.15, -0.1) is 0 Å². The first-order valence-corrected chi connectivity index (χ1v) is 10.9. The Hall–Kier alpha value is -2.72. The summed E-state index contributed by atoms with van der Waals surface area (Å²) in [5.41, 5.74) is 2.74. The SMILES string of the molecule is Cc1cc(N2CCN(S(C)(=O)=O)CC2)cc2cnn(-c3cc(O)c(F)c(F)c3)c12. The molecule has 2 heterocycles. The number of phenols is 1. The lowest BCUT2D eigenvalue weighted by Crippen LogP contribution is -2.48. The van der Waals surface area contributed by atoms with Crippen molar-refractivity contribution >= 4 is 26.6 Å². The second kappa shape index (κ2) is 6.96. The Labute approximate surface area is 166 Å². The highest BCUT2D eigenvalue weighted by atomic mass is 32.2. The van der Waals surface area contributed by atoms with Crippen LogP contribution in [0.2, 0.25) is 0 Å². The van der Waals surface area contributed by atoms with Gasteiger partial charge in [0.05, 0.1) is 23.7 Å². The topological polar surface area (TPSA) is 78.7 Å². The van der Waals surface area contributed by atoms with E-state index in [2.05, 4.69) is 10.00 Å². The Kier molecular flexibility index (Phi) is 4.70. The molecular formula is C19H20F2N4O3S. The number of hydrogen-bond acceptors (Lipinski definition) is 5. The summed E-state index contributed by atoms with van der Waals surface area (Å²) in [5.74, 6) is -3.22. The molecule has 154 valence electrons. The number of nitrogens with zero attached hydrogens (tertiary/aromatic N) is 4. The Morgan fingerprint density at radius 2 is 1.72 bits per heavy atom. The van der Waals surface area contributed by atoms with Crippen LogP contribution in [0.15, 0.2) is 30.5 Å². The number of benzene rings is 2. The lowest BCUT2D eigenvalue weighted by Gasteiger charge is -2.35. The van der Waals surface area contributed by atoms with Crippen molar-refractivity contribution < 1.29 is 22.3 Å². The molecular weight excluding hydrogens is 402 g/mol. The number of piperazine rings is 1. The first kappa shape index (κ1) is 19.6. The van der Waals surface area contributed by atoms with Gasteiger partial charge in [0.2, 0.25) is 10.0 Å². The number of anilines is 1. The van der Waals surface area contributed by atoms with E-state index in [9.17, 15) is 22.3 Å². The van der Waals surface area contributed by atoms with Crippen LogP contribution >= 0.6 is 0 Å². The van der Waals surface area contributed by atoms with Crippen LogP contribution in [0.1, 0.15) is 5.56 Å². The molecule has 0 radical (unpaired) electrons. The number of rotatable bonds is 3. The van der Waals surface area contributed by atoms with Crippen molar-refractivity contribution in [2.75, 3.05) is 37.3 Å². The Balaban J connectivity index is 1.68. The Morgan fingerprint density at radius 1 is 1.03 bits per heavy atom. The molecule has 1 aliphatic rings. The maximum atomic E-state index is 13.7. The van der Waals surface area contributed by atoms with Crippen LogP contribution in [-0.2, 0) is 10.0 Å². The van der Waals surface area contributed by atoms with Crippen LogP contribution in [0.3, 0.4) is 0 Å². The average molecular weight is 422 g/mol. The monoisotopic (exact) mass is 422 g/mol. The number of sulfonamides is 1. The quantitative estimate of drug-likeness (QED) is 0.701. The van der Waals surface area contributed by atoms with Gasteiger partial charge in [-0.3, -0.25) is 0 Å². The molecule has 0 unspecified atom stereocenters. The molecule has 1 saturated heterocycles. The van der Waals surface area contributed by atoms with E-state index in [1.807, 2.05) is 19.1 Å². The Morgan fingerprint density at radius 3 is 2.34 bits per heavy atom. The summed E-state index contributed by atoms with van der Waals surface area (Å²) in [6, 6.07) is 6.00. The number of hydrogen-bond donors (Lipinski definition) is 1. The van der Waals surface area contributed by atoms with Crippen LogP contribution in [0.5, 0.6) is 5.75 Å². The molecule has 0 amide bonds. The summed E-state index contributed by atoms with van der Waals surface area (Å²) in [6.07, 6.45) is 2.83. The molecule has 7 nitrogen and oxygen atoms in total. The van der Waals surface area contributed by atoms with Crippen LogP contribution in [0.4, 0.5) is 14.5 Å². The first-order chi connectivity index (χ1) is 13.6. The molecule has 1 fully saturated rings. The number of fused-ring (bicyclic) bond motifs is 1. The lowest BCUT2D eigenvalue weighted by atomic mass is 10.1. The zero-order chi connectivity index (χ0) is 20.9. The highest BCUT2D eigenvalue weighted by Crippen LogP contribution is 2.30. The highest BCUT2D eigenvalue weighted by Gasteiger charge is 2.24. The van der Waals surface area contributed by atoms with Crippen molar-refractivity contribution in [3.63, 3.8) is 0 Å². The highest BCUT2D eigenvalue weighted by molar-refractivity contribution is 7.88. The number of aromatic nitrogens is 2. The van der Waals surface area contributed by atoms with Crippen LogP contribution in [0.25, 0.3) is 16.6 Å². The minimum Gasteiger partial charge on any atom is -0.505 e. The first-order valence-electron chi connectivity index (χ1n) is 9.02. The third kappa shape index (κ3) is 3.53. The molecule has 3 aromatic rings. The normalized spacial score (nSPS) is 15.9. The third-order valence-corrected chi connectivity index (χ3v) is 6.45. The van der Waals surface area contributed by atoms with E-state index in [0.29, 0.717) is 31.7 Å². The summed E-state index contributed by atoms with van der Waals surface area (Å²) in [6.45, 7) is 3.87. The predicted molar refractivity (Wildman–Crippen MR) is 106 cm³/mol. The smallest absolute Gasteiger partial charge is 0.211 e. The van der Waals surface area contributed by atoms with E-state index in [4.69, 9.17) is 0 Å². The lowest BCUT2D eigenvalue weighted by molar-refractivity contribution is 0.388. The summed E-state index contributed by atoms with van der Waals surface area (Å²) < 4.78 is 53.4. The van der Waals surface area contributed by atoms with E-state index < -0.39 is 27.4 Å². The molecule has 0 bridgehead atoms. The predicted octanol–water partition coefficient (Wildman–Crippen LogP) is 2.40. The second-order valence-corrected chi connectivity index (χ2v) is 9.15. The fourth-order valence-electron chi connectivity index (χ4n) is 3.69. The standard InChI is InChI=1S/C19H20F2N4O3S/c1-12-7-14(23-3-5-24(6-4-23)29(2,27)28)8-13-11-22-25(19(12)13)15-9-16(20)18(21)17(26)10-15/h7-11,26H,3-6H2,1-2H3. The van der Waals surface area contributed by atoms with Gasteiger partial charge in [-0.25, -0.2) is 17.5 Å². The van der Waals surface area contributed by atoms with Gasteiger partial charge < -0.3 is 10.0 Å². The molecule has 0 atom stereocenters. The maximum Gasteiger partial charge on any atom is 0.211 e. The largest absolute Gasteiger partial charge is 0.505 e. The van der Waals surface area contributed by atoms with Gasteiger partial charge in [0.25, 0.3) is 0 Å². The van der Waals surface area contributed by atoms with E-state index in [1.54, 1.807) is 6.20 Å². The minimum absolute atomic E-state index is 0.217. The Bertz CT molecular complexity index is 1180. The van der Waals surface area contributed by atoms with E-state index in [1.165, 1.54) is 15.2 Å². The summed E-state index contributed by atoms with van der Waals surface area (Å²) in [4.78, 5) is 2.11. The zero-order valence-electron chi connectivity index (χ0n) is 15.9. The number of phenolic OH excluding ortho intramolecular Hbond substituents is 1.